The molecule has 5 nitrogen and oxygen atoms in total. The van der Waals surface area contributed by atoms with Crippen LogP contribution in [0.5, 0.6) is 0 Å². The van der Waals surface area contributed by atoms with Crippen molar-refractivity contribution in [1.29, 1.82) is 0 Å². The quantitative estimate of drug-likeness (QED) is 0.691. The summed E-state index contributed by atoms with van der Waals surface area (Å²) in [5, 5.41) is 2.88. The minimum Gasteiger partial charge on any atom is -0.343 e. The lowest BCUT2D eigenvalue weighted by molar-refractivity contribution is -0.132. The number of amides is 2. The lowest BCUT2D eigenvalue weighted by atomic mass is 10.0. The average Bonchev–Trinajstić information content (AvgIpc) is 2.77. The van der Waals surface area contributed by atoms with Gasteiger partial charge in [0.05, 0.1) is 0 Å². The van der Waals surface area contributed by atoms with E-state index in [1.807, 2.05) is 54.6 Å². The SMILES string of the molecule is CN(CCc1ccccn1)C(=O)C(NC(=O)c1ccccc1)c1ccccc1. The molecule has 0 saturated heterocycles. The second kappa shape index (κ2) is 9.46. The van der Waals surface area contributed by atoms with E-state index in [0.29, 0.717) is 18.5 Å². The van der Waals surface area contributed by atoms with Gasteiger partial charge < -0.3 is 10.2 Å². The van der Waals surface area contributed by atoms with Crippen LogP contribution in [0, 0.1) is 0 Å². The van der Waals surface area contributed by atoms with Gasteiger partial charge in [-0.05, 0) is 29.8 Å². The molecule has 5 heteroatoms. The lowest BCUT2D eigenvalue weighted by Crippen LogP contribution is -2.42. The number of rotatable bonds is 7. The van der Waals surface area contributed by atoms with E-state index in [4.69, 9.17) is 0 Å². The Morgan fingerprint density at radius 3 is 2.21 bits per heavy atom. The van der Waals surface area contributed by atoms with E-state index in [0.717, 1.165) is 11.3 Å². The number of carbonyl (C=O) groups excluding carboxylic acids is 2. The van der Waals surface area contributed by atoms with Crippen LogP contribution in [-0.2, 0) is 11.2 Å². The Kier molecular flexibility index (Phi) is 6.52. The van der Waals surface area contributed by atoms with Gasteiger partial charge in [-0.25, -0.2) is 0 Å². The van der Waals surface area contributed by atoms with E-state index in [-0.39, 0.29) is 11.8 Å². The Morgan fingerprint density at radius 1 is 0.929 bits per heavy atom. The first kappa shape index (κ1) is 19.3. The number of aromatic nitrogens is 1. The summed E-state index contributed by atoms with van der Waals surface area (Å²) in [6.07, 6.45) is 2.39. The second-order valence-electron chi connectivity index (χ2n) is 6.51. The zero-order chi connectivity index (χ0) is 19.8. The molecule has 0 bridgehead atoms. The lowest BCUT2D eigenvalue weighted by Gasteiger charge is -2.25. The van der Waals surface area contributed by atoms with Crippen molar-refractivity contribution in [3.8, 4) is 0 Å². The van der Waals surface area contributed by atoms with Crippen molar-refractivity contribution in [2.75, 3.05) is 13.6 Å². The van der Waals surface area contributed by atoms with E-state index < -0.39 is 6.04 Å². The smallest absolute Gasteiger partial charge is 0.252 e. The second-order valence-corrected chi connectivity index (χ2v) is 6.51. The predicted molar refractivity (Wildman–Crippen MR) is 109 cm³/mol. The van der Waals surface area contributed by atoms with Gasteiger partial charge in [0, 0.05) is 37.5 Å². The van der Waals surface area contributed by atoms with Crippen LogP contribution < -0.4 is 5.32 Å². The van der Waals surface area contributed by atoms with E-state index in [2.05, 4.69) is 10.3 Å². The highest BCUT2D eigenvalue weighted by Gasteiger charge is 2.26. The summed E-state index contributed by atoms with van der Waals surface area (Å²) in [6, 6.07) is 23.2. The first-order valence-corrected chi connectivity index (χ1v) is 9.21. The molecule has 28 heavy (non-hydrogen) atoms. The monoisotopic (exact) mass is 373 g/mol. The molecule has 0 fully saturated rings. The predicted octanol–water partition coefficient (Wildman–Crippen LogP) is 3.25. The third-order valence-electron chi connectivity index (χ3n) is 4.50. The summed E-state index contributed by atoms with van der Waals surface area (Å²) in [7, 11) is 1.75. The van der Waals surface area contributed by atoms with Gasteiger partial charge in [0.1, 0.15) is 6.04 Å². The molecule has 0 aliphatic carbocycles. The fraction of sp³-hybridized carbons (Fsp3) is 0.174. The highest BCUT2D eigenvalue weighted by molar-refractivity contribution is 5.97. The molecule has 3 rings (SSSR count). The van der Waals surface area contributed by atoms with Crippen LogP contribution in [0.1, 0.15) is 27.7 Å². The molecule has 1 aromatic heterocycles. The summed E-state index contributed by atoms with van der Waals surface area (Å²) >= 11 is 0. The van der Waals surface area contributed by atoms with Gasteiger partial charge in [0.2, 0.25) is 5.91 Å². The Morgan fingerprint density at radius 2 is 1.57 bits per heavy atom. The maximum absolute atomic E-state index is 13.1. The highest BCUT2D eigenvalue weighted by Crippen LogP contribution is 2.17. The molecule has 0 aliphatic rings. The summed E-state index contributed by atoms with van der Waals surface area (Å²) in [6.45, 7) is 0.514. The molecular weight excluding hydrogens is 350 g/mol. The fourth-order valence-corrected chi connectivity index (χ4v) is 2.90. The molecule has 1 atom stereocenters. The topological polar surface area (TPSA) is 62.3 Å². The third kappa shape index (κ3) is 5.04. The van der Waals surface area contributed by atoms with Gasteiger partial charge in [-0.3, -0.25) is 14.6 Å². The van der Waals surface area contributed by atoms with Crippen LogP contribution in [-0.4, -0.2) is 35.3 Å². The molecule has 1 N–H and O–H groups in total. The zero-order valence-corrected chi connectivity index (χ0v) is 15.8. The van der Waals surface area contributed by atoms with Crippen LogP contribution >= 0.6 is 0 Å². The molecule has 142 valence electrons. The van der Waals surface area contributed by atoms with E-state index in [1.165, 1.54) is 0 Å². The molecule has 0 aliphatic heterocycles. The van der Waals surface area contributed by atoms with Crippen LogP contribution in [0.3, 0.4) is 0 Å². The van der Waals surface area contributed by atoms with Gasteiger partial charge in [0.25, 0.3) is 5.91 Å². The molecule has 1 heterocycles. The number of nitrogens with zero attached hydrogens (tertiary/aromatic N) is 2. The van der Waals surface area contributed by atoms with Crippen molar-refractivity contribution < 1.29 is 9.59 Å². The van der Waals surface area contributed by atoms with Crippen molar-refractivity contribution in [2.45, 2.75) is 12.5 Å². The number of benzene rings is 2. The molecular formula is C23H23N3O2. The summed E-state index contributed by atoms with van der Waals surface area (Å²) < 4.78 is 0. The van der Waals surface area contributed by atoms with Gasteiger partial charge in [-0.15, -0.1) is 0 Å². The minimum absolute atomic E-state index is 0.161. The van der Waals surface area contributed by atoms with Crippen molar-refractivity contribution in [2.24, 2.45) is 0 Å². The maximum atomic E-state index is 13.1. The summed E-state index contributed by atoms with van der Waals surface area (Å²) in [5.74, 6) is -0.438. The number of nitrogens with one attached hydrogen (secondary N) is 1. The summed E-state index contributed by atoms with van der Waals surface area (Å²) in [5.41, 5.74) is 2.19. The molecule has 2 aromatic carbocycles. The van der Waals surface area contributed by atoms with E-state index >= 15 is 0 Å². The van der Waals surface area contributed by atoms with Crippen LogP contribution in [0.15, 0.2) is 85.1 Å². The van der Waals surface area contributed by atoms with E-state index in [9.17, 15) is 9.59 Å². The largest absolute Gasteiger partial charge is 0.343 e. The van der Waals surface area contributed by atoms with Crippen molar-refractivity contribution in [3.05, 3.63) is 102 Å². The van der Waals surface area contributed by atoms with Crippen molar-refractivity contribution in [1.82, 2.24) is 15.2 Å². The minimum atomic E-state index is -0.748. The van der Waals surface area contributed by atoms with E-state index in [1.54, 1.807) is 42.4 Å². The van der Waals surface area contributed by atoms with Crippen LogP contribution in [0.25, 0.3) is 0 Å². The normalized spacial score (nSPS) is 11.5. The van der Waals surface area contributed by atoms with Crippen molar-refractivity contribution in [3.63, 3.8) is 0 Å². The Balaban J connectivity index is 1.74. The van der Waals surface area contributed by atoms with Crippen molar-refractivity contribution >= 4 is 11.8 Å². The fourth-order valence-electron chi connectivity index (χ4n) is 2.90. The number of hydrogen-bond donors (Lipinski definition) is 1. The molecule has 3 aromatic rings. The first-order valence-electron chi connectivity index (χ1n) is 9.21. The van der Waals surface area contributed by atoms with Gasteiger partial charge >= 0.3 is 0 Å². The number of carbonyl (C=O) groups is 2. The Bertz CT molecular complexity index is 899. The zero-order valence-electron chi connectivity index (χ0n) is 15.8. The van der Waals surface area contributed by atoms with Gasteiger partial charge in [-0.2, -0.15) is 0 Å². The average molecular weight is 373 g/mol. The van der Waals surface area contributed by atoms with Crippen LogP contribution in [0.4, 0.5) is 0 Å². The molecule has 0 radical (unpaired) electrons. The Labute approximate surface area is 165 Å². The molecule has 0 spiro atoms. The number of hydrogen-bond acceptors (Lipinski definition) is 3. The number of pyridine rings is 1. The highest BCUT2D eigenvalue weighted by atomic mass is 16.2. The van der Waals surface area contributed by atoms with Gasteiger partial charge in [0.15, 0.2) is 0 Å². The van der Waals surface area contributed by atoms with Gasteiger partial charge in [-0.1, -0.05) is 54.6 Å². The molecule has 2 amide bonds. The number of likely N-dealkylation sites (N-methyl/N-ethyl adjacent to an activating group) is 1. The summed E-state index contributed by atoms with van der Waals surface area (Å²) in [4.78, 5) is 31.7. The first-order chi connectivity index (χ1) is 13.6. The molecule has 1 unspecified atom stereocenters. The Hall–Kier alpha value is -3.47. The maximum Gasteiger partial charge on any atom is 0.252 e. The standard InChI is InChI=1S/C23H23N3O2/c1-26(17-15-20-14-8-9-16-24-20)23(28)21(18-10-4-2-5-11-18)25-22(27)19-12-6-3-7-13-19/h2-14,16,21H,15,17H2,1H3,(H,25,27). The molecule has 0 saturated carbocycles. The third-order valence-corrected chi connectivity index (χ3v) is 4.50. The van der Waals surface area contributed by atoms with Crippen LogP contribution in [0.2, 0.25) is 0 Å².